The lowest BCUT2D eigenvalue weighted by atomic mass is 10.1. The molecular weight excluding hydrogens is 330 g/mol. The normalized spacial score (nSPS) is 11.0. The standard InChI is InChI=1S/C18H20F2N2O3/c1-2-24-16-6-4-3-5-15(16)18(19,20)17(23)22-13-7-9-14(10-8-13)25-12-11-21/h3-10H,2,11-12,21H2,1H3,(H,22,23). The van der Waals surface area contributed by atoms with Crippen LogP contribution in [0.25, 0.3) is 0 Å². The Morgan fingerprint density at radius 1 is 1.12 bits per heavy atom. The number of hydrogen-bond acceptors (Lipinski definition) is 4. The first-order chi connectivity index (χ1) is 12.0. The molecule has 2 aromatic carbocycles. The molecule has 2 rings (SSSR count). The Labute approximate surface area is 144 Å². The molecule has 134 valence electrons. The molecule has 0 saturated heterocycles. The van der Waals surface area contributed by atoms with Gasteiger partial charge in [0.25, 0.3) is 5.91 Å². The first kappa shape index (κ1) is 18.7. The minimum Gasteiger partial charge on any atom is -0.493 e. The Kier molecular flexibility index (Phi) is 6.30. The number of para-hydroxylation sites is 1. The molecule has 0 saturated carbocycles. The van der Waals surface area contributed by atoms with Crippen LogP contribution >= 0.6 is 0 Å². The Morgan fingerprint density at radius 3 is 2.44 bits per heavy atom. The summed E-state index contributed by atoms with van der Waals surface area (Å²) < 4.78 is 39.6. The number of nitrogens with one attached hydrogen (secondary N) is 1. The van der Waals surface area contributed by atoms with Crippen LogP contribution < -0.4 is 20.5 Å². The SMILES string of the molecule is CCOc1ccccc1C(F)(F)C(=O)Nc1ccc(OCCN)cc1. The van der Waals surface area contributed by atoms with Gasteiger partial charge in [0.1, 0.15) is 18.1 Å². The summed E-state index contributed by atoms with van der Waals surface area (Å²) in [6.45, 7) is 2.62. The van der Waals surface area contributed by atoms with Gasteiger partial charge in [-0.1, -0.05) is 12.1 Å². The second-order valence-corrected chi connectivity index (χ2v) is 5.12. The Balaban J connectivity index is 2.13. The van der Waals surface area contributed by atoms with E-state index in [1.165, 1.54) is 30.3 Å². The molecule has 0 spiro atoms. The molecule has 3 N–H and O–H groups in total. The minimum absolute atomic E-state index is 0.0179. The van der Waals surface area contributed by atoms with Crippen molar-refractivity contribution in [2.75, 3.05) is 25.1 Å². The van der Waals surface area contributed by atoms with Crippen molar-refractivity contribution >= 4 is 11.6 Å². The number of benzene rings is 2. The van der Waals surface area contributed by atoms with E-state index in [0.29, 0.717) is 18.9 Å². The molecular formula is C18H20F2N2O3. The van der Waals surface area contributed by atoms with Gasteiger partial charge < -0.3 is 20.5 Å². The third-order valence-electron chi connectivity index (χ3n) is 3.31. The van der Waals surface area contributed by atoms with Crippen LogP contribution in [-0.4, -0.2) is 25.7 Å². The highest BCUT2D eigenvalue weighted by atomic mass is 19.3. The van der Waals surface area contributed by atoms with Crippen LogP contribution in [0.3, 0.4) is 0 Å². The number of carbonyl (C=O) groups is 1. The lowest BCUT2D eigenvalue weighted by Crippen LogP contribution is -2.32. The van der Waals surface area contributed by atoms with E-state index in [0.717, 1.165) is 0 Å². The summed E-state index contributed by atoms with van der Waals surface area (Å²) in [4.78, 5) is 12.1. The van der Waals surface area contributed by atoms with E-state index in [4.69, 9.17) is 15.2 Å². The van der Waals surface area contributed by atoms with Crippen molar-refractivity contribution in [2.24, 2.45) is 5.73 Å². The van der Waals surface area contributed by atoms with Gasteiger partial charge in [0.15, 0.2) is 0 Å². The van der Waals surface area contributed by atoms with E-state index in [2.05, 4.69) is 5.32 Å². The number of amides is 1. The molecule has 0 atom stereocenters. The number of hydrogen-bond donors (Lipinski definition) is 2. The molecule has 25 heavy (non-hydrogen) atoms. The van der Waals surface area contributed by atoms with Crippen LogP contribution in [0.1, 0.15) is 12.5 Å². The number of ether oxygens (including phenoxy) is 2. The molecule has 0 aliphatic heterocycles. The fourth-order valence-electron chi connectivity index (χ4n) is 2.15. The highest BCUT2D eigenvalue weighted by Crippen LogP contribution is 2.36. The number of rotatable bonds is 8. The molecule has 2 aromatic rings. The summed E-state index contributed by atoms with van der Waals surface area (Å²) >= 11 is 0. The topological polar surface area (TPSA) is 73.6 Å². The average Bonchev–Trinajstić information content (AvgIpc) is 2.61. The van der Waals surface area contributed by atoms with Crippen molar-refractivity contribution in [3.8, 4) is 11.5 Å². The predicted octanol–water partition coefficient (Wildman–Crippen LogP) is 3.15. The molecule has 5 nitrogen and oxygen atoms in total. The molecule has 0 aliphatic rings. The van der Waals surface area contributed by atoms with E-state index in [9.17, 15) is 13.6 Å². The monoisotopic (exact) mass is 350 g/mol. The molecule has 0 aromatic heterocycles. The summed E-state index contributed by atoms with van der Waals surface area (Å²) in [6, 6.07) is 11.7. The minimum atomic E-state index is -3.74. The first-order valence-electron chi connectivity index (χ1n) is 7.83. The van der Waals surface area contributed by atoms with Crippen LogP contribution in [0.5, 0.6) is 11.5 Å². The fourth-order valence-corrected chi connectivity index (χ4v) is 2.15. The zero-order chi connectivity index (χ0) is 18.3. The summed E-state index contributed by atoms with van der Waals surface area (Å²) in [5.41, 5.74) is 5.09. The zero-order valence-corrected chi connectivity index (χ0v) is 13.8. The van der Waals surface area contributed by atoms with Crippen LogP contribution in [0.4, 0.5) is 14.5 Å². The van der Waals surface area contributed by atoms with Gasteiger partial charge in [-0.15, -0.1) is 0 Å². The molecule has 0 aliphatic carbocycles. The smallest absolute Gasteiger partial charge is 0.353 e. The maximum Gasteiger partial charge on any atom is 0.353 e. The van der Waals surface area contributed by atoms with Gasteiger partial charge in [-0.25, -0.2) is 0 Å². The zero-order valence-electron chi connectivity index (χ0n) is 13.8. The third kappa shape index (κ3) is 4.67. The van der Waals surface area contributed by atoms with Gasteiger partial charge in [-0.3, -0.25) is 4.79 Å². The summed E-state index contributed by atoms with van der Waals surface area (Å²) in [5.74, 6) is -4.65. The van der Waals surface area contributed by atoms with Gasteiger partial charge in [0.05, 0.1) is 12.2 Å². The number of halogens is 2. The van der Waals surface area contributed by atoms with E-state index in [1.54, 1.807) is 25.1 Å². The van der Waals surface area contributed by atoms with E-state index in [1.807, 2.05) is 0 Å². The average molecular weight is 350 g/mol. The van der Waals surface area contributed by atoms with Crippen molar-refractivity contribution in [3.05, 3.63) is 54.1 Å². The number of alkyl halides is 2. The van der Waals surface area contributed by atoms with Gasteiger partial charge in [-0.05, 0) is 43.3 Å². The molecule has 7 heteroatoms. The quantitative estimate of drug-likeness (QED) is 0.767. The maximum atomic E-state index is 14.5. The predicted molar refractivity (Wildman–Crippen MR) is 91.1 cm³/mol. The van der Waals surface area contributed by atoms with Gasteiger partial charge in [0, 0.05) is 12.2 Å². The summed E-state index contributed by atoms with van der Waals surface area (Å²) in [7, 11) is 0. The van der Waals surface area contributed by atoms with Gasteiger partial charge in [-0.2, -0.15) is 8.78 Å². The van der Waals surface area contributed by atoms with Crippen molar-refractivity contribution in [2.45, 2.75) is 12.8 Å². The highest BCUT2D eigenvalue weighted by molar-refractivity contribution is 5.97. The Bertz CT molecular complexity index is 706. The Hall–Kier alpha value is -2.67. The van der Waals surface area contributed by atoms with Crippen LogP contribution in [0.15, 0.2) is 48.5 Å². The number of carbonyl (C=O) groups excluding carboxylic acids is 1. The number of anilines is 1. The largest absolute Gasteiger partial charge is 0.493 e. The number of nitrogens with two attached hydrogens (primary N) is 1. The maximum absolute atomic E-state index is 14.5. The lowest BCUT2D eigenvalue weighted by molar-refractivity contribution is -0.141. The van der Waals surface area contributed by atoms with Crippen molar-refractivity contribution in [1.82, 2.24) is 0 Å². The van der Waals surface area contributed by atoms with Crippen molar-refractivity contribution < 1.29 is 23.0 Å². The highest BCUT2D eigenvalue weighted by Gasteiger charge is 2.43. The fraction of sp³-hybridized carbons (Fsp3) is 0.278. The van der Waals surface area contributed by atoms with E-state index >= 15 is 0 Å². The molecule has 1 amide bonds. The Morgan fingerprint density at radius 2 is 1.80 bits per heavy atom. The molecule has 0 unspecified atom stereocenters. The van der Waals surface area contributed by atoms with Gasteiger partial charge in [0.2, 0.25) is 0 Å². The van der Waals surface area contributed by atoms with Crippen molar-refractivity contribution in [1.29, 1.82) is 0 Å². The van der Waals surface area contributed by atoms with Crippen molar-refractivity contribution in [3.63, 3.8) is 0 Å². The molecule has 0 heterocycles. The third-order valence-corrected chi connectivity index (χ3v) is 3.31. The second kappa shape index (κ2) is 8.43. The summed E-state index contributed by atoms with van der Waals surface area (Å²) in [5, 5.41) is 2.21. The van der Waals surface area contributed by atoms with E-state index < -0.39 is 17.4 Å². The van der Waals surface area contributed by atoms with E-state index in [-0.39, 0.29) is 18.0 Å². The van der Waals surface area contributed by atoms with Crippen LogP contribution in [0, 0.1) is 0 Å². The summed E-state index contributed by atoms with van der Waals surface area (Å²) in [6.07, 6.45) is 0. The van der Waals surface area contributed by atoms with Gasteiger partial charge >= 0.3 is 5.92 Å². The molecule has 0 fully saturated rings. The first-order valence-corrected chi connectivity index (χ1v) is 7.83. The second-order valence-electron chi connectivity index (χ2n) is 5.12. The van der Waals surface area contributed by atoms with Crippen LogP contribution in [0.2, 0.25) is 0 Å². The molecule has 0 radical (unpaired) electrons. The van der Waals surface area contributed by atoms with Crippen LogP contribution in [-0.2, 0) is 10.7 Å². The lowest BCUT2D eigenvalue weighted by Gasteiger charge is -2.19. The molecule has 0 bridgehead atoms.